The van der Waals surface area contributed by atoms with Gasteiger partial charge in [0.15, 0.2) is 0 Å². The molecule has 0 aromatic rings. The van der Waals surface area contributed by atoms with Gasteiger partial charge in [-0.3, -0.25) is 0 Å². The van der Waals surface area contributed by atoms with Crippen molar-refractivity contribution < 1.29 is 5.11 Å². The Bertz CT molecular complexity index is 453. The van der Waals surface area contributed by atoms with Crippen LogP contribution in [0.25, 0.3) is 0 Å². The standard InChI is InChI=1S/C22H38O/c1-14(23)19-7-8-20-18-6-5-15-13-21(2,3)11-9-16(15)17(18)10-12-22(19,20)4/h14-20,23H,5-13H2,1-4H3/t14?,15-,16+,17-,18-,19-,20+,22-/m1/s1. The quantitative estimate of drug-likeness (QED) is 0.661. The van der Waals surface area contributed by atoms with Crippen molar-refractivity contribution >= 4 is 0 Å². The molecular formula is C22H38O. The highest BCUT2D eigenvalue weighted by molar-refractivity contribution is 5.07. The smallest absolute Gasteiger partial charge is 0.0545 e. The third-order valence-electron chi connectivity index (χ3n) is 9.14. The minimum atomic E-state index is -0.103. The SMILES string of the molecule is CC(O)[C@H]1CC[C@H]2[C@@H]3CC[C@@H]4CC(C)(C)CC[C@@H]4[C@H]3CC[C@]12C. The third kappa shape index (κ3) is 2.52. The fraction of sp³-hybridized carbons (Fsp3) is 1.00. The normalized spacial score (nSPS) is 53.1. The van der Waals surface area contributed by atoms with Crippen LogP contribution in [-0.4, -0.2) is 11.2 Å². The maximum absolute atomic E-state index is 10.3. The summed E-state index contributed by atoms with van der Waals surface area (Å²) < 4.78 is 0. The van der Waals surface area contributed by atoms with Gasteiger partial charge in [-0.15, -0.1) is 0 Å². The van der Waals surface area contributed by atoms with E-state index in [9.17, 15) is 5.11 Å². The fourth-order valence-electron chi connectivity index (χ4n) is 8.14. The van der Waals surface area contributed by atoms with Crippen LogP contribution in [0.1, 0.15) is 85.5 Å². The van der Waals surface area contributed by atoms with Crippen molar-refractivity contribution in [1.82, 2.24) is 0 Å². The largest absolute Gasteiger partial charge is 0.393 e. The number of aliphatic hydroxyl groups excluding tert-OH is 1. The minimum absolute atomic E-state index is 0.103. The van der Waals surface area contributed by atoms with Crippen LogP contribution >= 0.6 is 0 Å². The molecule has 0 spiro atoms. The van der Waals surface area contributed by atoms with Gasteiger partial charge in [-0.1, -0.05) is 20.8 Å². The first kappa shape index (κ1) is 16.4. The zero-order valence-electron chi connectivity index (χ0n) is 15.9. The molecule has 0 heterocycles. The highest BCUT2D eigenvalue weighted by Crippen LogP contribution is 2.65. The van der Waals surface area contributed by atoms with Crippen LogP contribution in [0.2, 0.25) is 0 Å². The van der Waals surface area contributed by atoms with E-state index in [-0.39, 0.29) is 6.10 Å². The molecule has 4 fully saturated rings. The molecule has 0 aromatic carbocycles. The van der Waals surface area contributed by atoms with Crippen molar-refractivity contribution in [3.05, 3.63) is 0 Å². The Morgan fingerprint density at radius 3 is 2.30 bits per heavy atom. The van der Waals surface area contributed by atoms with Gasteiger partial charge in [0.05, 0.1) is 6.10 Å². The molecule has 0 radical (unpaired) electrons. The molecule has 1 nitrogen and oxygen atoms in total. The number of hydrogen-bond acceptors (Lipinski definition) is 1. The lowest BCUT2D eigenvalue weighted by atomic mass is 9.48. The van der Waals surface area contributed by atoms with Crippen LogP contribution in [0, 0.1) is 46.3 Å². The highest BCUT2D eigenvalue weighted by Gasteiger charge is 2.57. The van der Waals surface area contributed by atoms with Crippen LogP contribution in [0.3, 0.4) is 0 Å². The fourth-order valence-corrected chi connectivity index (χ4v) is 8.14. The van der Waals surface area contributed by atoms with Gasteiger partial charge in [0.2, 0.25) is 0 Å². The first-order valence-corrected chi connectivity index (χ1v) is 10.5. The minimum Gasteiger partial charge on any atom is -0.393 e. The van der Waals surface area contributed by atoms with Crippen LogP contribution < -0.4 is 0 Å². The summed E-state index contributed by atoms with van der Waals surface area (Å²) in [6.45, 7) is 9.58. The van der Waals surface area contributed by atoms with E-state index in [0.29, 0.717) is 16.7 Å². The molecule has 1 heteroatoms. The van der Waals surface area contributed by atoms with Gasteiger partial charge >= 0.3 is 0 Å². The van der Waals surface area contributed by atoms with Crippen LogP contribution in [0.4, 0.5) is 0 Å². The maximum Gasteiger partial charge on any atom is 0.0545 e. The first-order chi connectivity index (χ1) is 10.8. The predicted molar refractivity (Wildman–Crippen MR) is 96.1 cm³/mol. The molecule has 0 amide bonds. The summed E-state index contributed by atoms with van der Waals surface area (Å²) in [6.07, 6.45) is 12.9. The van der Waals surface area contributed by atoms with Crippen LogP contribution in [0.15, 0.2) is 0 Å². The topological polar surface area (TPSA) is 20.2 Å². The van der Waals surface area contributed by atoms with E-state index >= 15 is 0 Å². The Morgan fingerprint density at radius 2 is 1.57 bits per heavy atom. The molecule has 4 rings (SSSR count). The van der Waals surface area contributed by atoms with Crippen molar-refractivity contribution in [2.75, 3.05) is 0 Å². The molecule has 0 bridgehead atoms. The van der Waals surface area contributed by atoms with Crippen molar-refractivity contribution in [3.63, 3.8) is 0 Å². The van der Waals surface area contributed by atoms with E-state index in [0.717, 1.165) is 29.6 Å². The first-order valence-electron chi connectivity index (χ1n) is 10.5. The second-order valence-electron chi connectivity index (χ2n) is 10.8. The lowest BCUT2D eigenvalue weighted by Gasteiger charge is -2.57. The lowest BCUT2D eigenvalue weighted by molar-refractivity contribution is -0.0879. The van der Waals surface area contributed by atoms with Gasteiger partial charge in [0.25, 0.3) is 0 Å². The Morgan fingerprint density at radius 1 is 0.826 bits per heavy atom. The van der Waals surface area contributed by atoms with E-state index in [1.165, 1.54) is 57.8 Å². The summed E-state index contributed by atoms with van der Waals surface area (Å²) in [5.74, 6) is 5.55. The van der Waals surface area contributed by atoms with E-state index in [1.807, 2.05) is 6.92 Å². The molecule has 0 aromatic heterocycles. The maximum atomic E-state index is 10.3. The molecule has 8 atom stereocenters. The number of rotatable bonds is 1. The van der Waals surface area contributed by atoms with Crippen molar-refractivity contribution in [2.45, 2.75) is 91.6 Å². The summed E-state index contributed by atoms with van der Waals surface area (Å²) in [5, 5.41) is 10.3. The Balaban J connectivity index is 1.54. The zero-order chi connectivity index (χ0) is 16.4. The summed E-state index contributed by atoms with van der Waals surface area (Å²) in [5.41, 5.74) is 1.04. The van der Waals surface area contributed by atoms with Gasteiger partial charge in [0, 0.05) is 0 Å². The molecule has 1 unspecified atom stereocenters. The Kier molecular flexibility index (Phi) is 3.91. The number of aliphatic hydroxyl groups is 1. The van der Waals surface area contributed by atoms with Crippen LogP contribution in [0.5, 0.6) is 0 Å². The van der Waals surface area contributed by atoms with Crippen molar-refractivity contribution in [3.8, 4) is 0 Å². The number of fused-ring (bicyclic) bond motifs is 5. The van der Waals surface area contributed by atoms with Crippen molar-refractivity contribution in [2.24, 2.45) is 46.3 Å². The molecule has 4 aliphatic carbocycles. The van der Waals surface area contributed by atoms with Gasteiger partial charge < -0.3 is 5.11 Å². The molecule has 4 aliphatic rings. The third-order valence-corrected chi connectivity index (χ3v) is 9.14. The van der Waals surface area contributed by atoms with Gasteiger partial charge in [-0.05, 0) is 111 Å². The molecular weight excluding hydrogens is 280 g/mol. The lowest BCUT2D eigenvalue weighted by Crippen LogP contribution is -2.50. The monoisotopic (exact) mass is 318 g/mol. The molecule has 23 heavy (non-hydrogen) atoms. The molecule has 1 N–H and O–H groups in total. The summed E-state index contributed by atoms with van der Waals surface area (Å²) in [7, 11) is 0. The second-order valence-corrected chi connectivity index (χ2v) is 10.8. The molecule has 0 saturated heterocycles. The predicted octanol–water partition coefficient (Wildman–Crippen LogP) is 5.66. The van der Waals surface area contributed by atoms with Crippen LogP contribution in [-0.2, 0) is 0 Å². The van der Waals surface area contributed by atoms with E-state index < -0.39 is 0 Å². The molecule has 0 aliphatic heterocycles. The van der Waals surface area contributed by atoms with Gasteiger partial charge in [-0.2, -0.15) is 0 Å². The Hall–Kier alpha value is -0.0400. The zero-order valence-corrected chi connectivity index (χ0v) is 15.9. The van der Waals surface area contributed by atoms with E-state index in [1.54, 1.807) is 0 Å². The summed E-state index contributed by atoms with van der Waals surface area (Å²) >= 11 is 0. The van der Waals surface area contributed by atoms with E-state index in [2.05, 4.69) is 20.8 Å². The number of hydrogen-bond donors (Lipinski definition) is 1. The van der Waals surface area contributed by atoms with Crippen molar-refractivity contribution in [1.29, 1.82) is 0 Å². The summed E-state index contributed by atoms with van der Waals surface area (Å²) in [6, 6.07) is 0. The Labute approximate surface area is 143 Å². The van der Waals surface area contributed by atoms with Gasteiger partial charge in [0.1, 0.15) is 0 Å². The van der Waals surface area contributed by atoms with E-state index in [4.69, 9.17) is 0 Å². The average molecular weight is 319 g/mol. The molecule has 4 saturated carbocycles. The molecule has 132 valence electrons. The second kappa shape index (κ2) is 5.48. The van der Waals surface area contributed by atoms with Gasteiger partial charge in [-0.25, -0.2) is 0 Å². The summed E-state index contributed by atoms with van der Waals surface area (Å²) in [4.78, 5) is 0. The average Bonchev–Trinajstić information content (AvgIpc) is 2.83. The highest BCUT2D eigenvalue weighted by atomic mass is 16.3.